The Bertz CT molecular complexity index is 350. The summed E-state index contributed by atoms with van der Waals surface area (Å²) in [6, 6.07) is 3.37. The molecule has 0 saturated carbocycles. The minimum atomic E-state index is -4.05. The Balaban J connectivity index is 3.08. The van der Waals surface area contributed by atoms with Crippen LogP contribution in [-0.2, 0) is 10.1 Å². The van der Waals surface area contributed by atoms with Gasteiger partial charge in [-0.25, -0.2) is 0 Å². The van der Waals surface area contributed by atoms with Gasteiger partial charge < -0.3 is 0 Å². The maximum Gasteiger partial charge on any atom is 0.276 e. The van der Waals surface area contributed by atoms with Gasteiger partial charge >= 0.3 is 0 Å². The lowest BCUT2D eigenvalue weighted by molar-refractivity contribution is 0.477. The SMILES string of the molecule is C=CC(c1cccs1)S(=O)(=O)O. The molecule has 5 heteroatoms. The summed E-state index contributed by atoms with van der Waals surface area (Å²) >= 11 is 1.27. The minimum absolute atomic E-state index is 0.576. The highest BCUT2D eigenvalue weighted by Crippen LogP contribution is 2.26. The molecule has 1 atom stereocenters. The summed E-state index contributed by atoms with van der Waals surface area (Å²) in [5.41, 5.74) is 0. The molecule has 1 rings (SSSR count). The number of hydrogen-bond acceptors (Lipinski definition) is 3. The summed E-state index contributed by atoms with van der Waals surface area (Å²) in [7, 11) is -4.05. The first-order valence-electron chi connectivity index (χ1n) is 3.18. The van der Waals surface area contributed by atoms with Gasteiger partial charge in [-0.1, -0.05) is 12.1 Å². The summed E-state index contributed by atoms with van der Waals surface area (Å²) in [6.07, 6.45) is 1.21. The van der Waals surface area contributed by atoms with Gasteiger partial charge in [-0.2, -0.15) is 8.42 Å². The van der Waals surface area contributed by atoms with Crippen LogP contribution in [0.25, 0.3) is 0 Å². The van der Waals surface area contributed by atoms with Crippen molar-refractivity contribution < 1.29 is 13.0 Å². The molecule has 0 aromatic carbocycles. The molecule has 1 unspecified atom stereocenters. The summed E-state index contributed by atoms with van der Waals surface area (Å²) in [5, 5.41) is 0.759. The Morgan fingerprint density at radius 3 is 2.67 bits per heavy atom. The highest BCUT2D eigenvalue weighted by Gasteiger charge is 2.21. The van der Waals surface area contributed by atoms with Crippen molar-refractivity contribution in [2.24, 2.45) is 0 Å². The van der Waals surface area contributed by atoms with Gasteiger partial charge in [-0.05, 0) is 11.4 Å². The van der Waals surface area contributed by atoms with Gasteiger partial charge in [-0.3, -0.25) is 4.55 Å². The molecule has 66 valence electrons. The minimum Gasteiger partial charge on any atom is -0.285 e. The molecule has 0 spiro atoms. The molecule has 1 heterocycles. The molecule has 0 amide bonds. The second-order valence-electron chi connectivity index (χ2n) is 2.19. The van der Waals surface area contributed by atoms with Crippen LogP contribution in [0.4, 0.5) is 0 Å². The fourth-order valence-electron chi connectivity index (χ4n) is 0.838. The van der Waals surface area contributed by atoms with Crippen molar-refractivity contribution in [1.29, 1.82) is 0 Å². The van der Waals surface area contributed by atoms with Crippen molar-refractivity contribution in [2.45, 2.75) is 5.25 Å². The molecule has 0 aliphatic carbocycles. The maximum absolute atomic E-state index is 10.8. The van der Waals surface area contributed by atoms with E-state index in [0.29, 0.717) is 4.88 Å². The summed E-state index contributed by atoms with van der Waals surface area (Å²) in [4.78, 5) is 0.576. The molecule has 0 bridgehead atoms. The van der Waals surface area contributed by atoms with Gasteiger partial charge in [0.05, 0.1) is 0 Å². The van der Waals surface area contributed by atoms with E-state index in [9.17, 15) is 8.42 Å². The van der Waals surface area contributed by atoms with Crippen LogP contribution in [0, 0.1) is 0 Å². The van der Waals surface area contributed by atoms with E-state index in [-0.39, 0.29) is 0 Å². The van der Waals surface area contributed by atoms with E-state index in [1.165, 1.54) is 17.4 Å². The Morgan fingerprint density at radius 1 is 1.67 bits per heavy atom. The lowest BCUT2D eigenvalue weighted by Crippen LogP contribution is -2.07. The molecule has 3 nitrogen and oxygen atoms in total. The van der Waals surface area contributed by atoms with E-state index in [1.54, 1.807) is 17.5 Å². The van der Waals surface area contributed by atoms with Crippen molar-refractivity contribution in [3.63, 3.8) is 0 Å². The van der Waals surface area contributed by atoms with E-state index in [1.807, 2.05) is 0 Å². The number of thiophene rings is 1. The number of hydrogen-bond donors (Lipinski definition) is 1. The van der Waals surface area contributed by atoms with Crippen molar-refractivity contribution in [2.75, 3.05) is 0 Å². The normalized spacial score (nSPS) is 14.1. The Hall–Kier alpha value is -0.650. The van der Waals surface area contributed by atoms with E-state index >= 15 is 0 Å². The van der Waals surface area contributed by atoms with Crippen LogP contribution in [0.2, 0.25) is 0 Å². The highest BCUT2D eigenvalue weighted by atomic mass is 32.2. The Kier molecular flexibility index (Phi) is 2.66. The third-order valence-corrected chi connectivity index (χ3v) is 3.55. The van der Waals surface area contributed by atoms with Gasteiger partial charge in [0.2, 0.25) is 0 Å². The molecule has 0 aliphatic rings. The predicted octanol–water partition coefficient (Wildman–Crippen LogP) is 1.86. The van der Waals surface area contributed by atoms with Crippen molar-refractivity contribution in [1.82, 2.24) is 0 Å². The standard InChI is InChI=1S/C7H8O3S2/c1-2-7(12(8,9)10)6-4-3-5-11-6/h2-5,7H,1H2,(H,8,9,10). The van der Waals surface area contributed by atoms with E-state index in [2.05, 4.69) is 6.58 Å². The third-order valence-electron chi connectivity index (χ3n) is 1.36. The van der Waals surface area contributed by atoms with E-state index in [4.69, 9.17) is 4.55 Å². The van der Waals surface area contributed by atoms with Crippen LogP contribution in [0.3, 0.4) is 0 Å². The molecule has 0 radical (unpaired) electrons. The van der Waals surface area contributed by atoms with Gasteiger partial charge in [-0.15, -0.1) is 17.9 Å². The molecule has 0 saturated heterocycles. The van der Waals surface area contributed by atoms with Crippen LogP contribution < -0.4 is 0 Å². The van der Waals surface area contributed by atoms with Crippen molar-refractivity contribution in [3.8, 4) is 0 Å². The average Bonchev–Trinajstić information content (AvgIpc) is 2.38. The van der Waals surface area contributed by atoms with Crippen LogP contribution >= 0.6 is 11.3 Å². The fraction of sp³-hybridized carbons (Fsp3) is 0.143. The van der Waals surface area contributed by atoms with E-state index < -0.39 is 15.4 Å². The lowest BCUT2D eigenvalue weighted by Gasteiger charge is -2.04. The molecule has 0 fully saturated rings. The van der Waals surface area contributed by atoms with E-state index in [0.717, 1.165) is 0 Å². The van der Waals surface area contributed by atoms with Crippen LogP contribution in [0.5, 0.6) is 0 Å². The Morgan fingerprint density at radius 2 is 2.33 bits per heavy atom. The topological polar surface area (TPSA) is 54.4 Å². The predicted molar refractivity (Wildman–Crippen MR) is 48.8 cm³/mol. The lowest BCUT2D eigenvalue weighted by atomic mass is 10.3. The second-order valence-corrected chi connectivity index (χ2v) is 4.70. The van der Waals surface area contributed by atoms with Gasteiger partial charge in [0.1, 0.15) is 5.25 Å². The monoisotopic (exact) mass is 204 g/mol. The second kappa shape index (κ2) is 3.38. The summed E-state index contributed by atoms with van der Waals surface area (Å²) in [5.74, 6) is 0. The molecule has 12 heavy (non-hydrogen) atoms. The van der Waals surface area contributed by atoms with Crippen molar-refractivity contribution >= 4 is 21.5 Å². The zero-order valence-corrected chi connectivity index (χ0v) is 7.81. The van der Waals surface area contributed by atoms with Gasteiger partial charge in [0.25, 0.3) is 10.1 Å². The largest absolute Gasteiger partial charge is 0.285 e. The molecule has 1 N–H and O–H groups in total. The first-order chi connectivity index (χ1) is 5.55. The van der Waals surface area contributed by atoms with Gasteiger partial charge in [0.15, 0.2) is 0 Å². The molecule has 0 aliphatic heterocycles. The smallest absolute Gasteiger partial charge is 0.276 e. The zero-order chi connectivity index (χ0) is 9.19. The van der Waals surface area contributed by atoms with Crippen LogP contribution in [0.15, 0.2) is 30.2 Å². The fourth-order valence-corrected chi connectivity index (χ4v) is 2.69. The van der Waals surface area contributed by atoms with Crippen LogP contribution in [0.1, 0.15) is 10.1 Å². The van der Waals surface area contributed by atoms with Crippen molar-refractivity contribution in [3.05, 3.63) is 35.0 Å². The van der Waals surface area contributed by atoms with Crippen LogP contribution in [-0.4, -0.2) is 13.0 Å². The first-order valence-corrected chi connectivity index (χ1v) is 5.56. The molecular formula is C7H8O3S2. The van der Waals surface area contributed by atoms with Gasteiger partial charge in [0, 0.05) is 4.88 Å². The summed E-state index contributed by atoms with van der Waals surface area (Å²) < 4.78 is 30.3. The number of rotatable bonds is 3. The molecular weight excluding hydrogens is 196 g/mol. The average molecular weight is 204 g/mol. The summed E-state index contributed by atoms with van der Waals surface area (Å²) in [6.45, 7) is 3.35. The molecule has 1 aromatic heterocycles. The zero-order valence-electron chi connectivity index (χ0n) is 6.17. The highest BCUT2D eigenvalue weighted by molar-refractivity contribution is 7.86. The molecule has 1 aromatic rings. The third kappa shape index (κ3) is 1.94. The first kappa shape index (κ1) is 9.44. The quantitative estimate of drug-likeness (QED) is 0.604. The maximum atomic E-state index is 10.8. The Labute approximate surface area is 75.1 Å².